The van der Waals surface area contributed by atoms with Crippen LogP contribution in [-0.4, -0.2) is 56.2 Å². The summed E-state index contributed by atoms with van der Waals surface area (Å²) in [6.45, 7) is 0.169. The van der Waals surface area contributed by atoms with Gasteiger partial charge in [0.15, 0.2) is 9.84 Å². The molecule has 2 aromatic rings. The van der Waals surface area contributed by atoms with Crippen LogP contribution in [0.25, 0.3) is 0 Å². The van der Waals surface area contributed by atoms with E-state index in [1.165, 1.54) is 17.0 Å². The molecule has 7 nitrogen and oxygen atoms in total. The Balaban J connectivity index is 1.42. The zero-order valence-corrected chi connectivity index (χ0v) is 21.9. The molecule has 3 aliphatic heterocycles. The van der Waals surface area contributed by atoms with Gasteiger partial charge in [-0.1, -0.05) is 28.9 Å². The fraction of sp³-hybridized carbons (Fsp3) is 0.417. The lowest BCUT2D eigenvalue weighted by Crippen LogP contribution is -2.62. The molecule has 16 heteroatoms. The maximum Gasteiger partial charge on any atom is 0.435 e. The van der Waals surface area contributed by atoms with E-state index >= 15 is 0 Å². The van der Waals surface area contributed by atoms with Crippen molar-refractivity contribution >= 4 is 33.1 Å². The van der Waals surface area contributed by atoms with Crippen LogP contribution in [0.2, 0.25) is 5.02 Å². The van der Waals surface area contributed by atoms with Gasteiger partial charge in [0.25, 0.3) is 5.60 Å². The van der Waals surface area contributed by atoms with Gasteiger partial charge in [0.2, 0.25) is 5.91 Å². The number of benzene rings is 2. The molecule has 1 atom stereocenters. The van der Waals surface area contributed by atoms with Crippen molar-refractivity contribution in [3.63, 3.8) is 0 Å². The van der Waals surface area contributed by atoms with Gasteiger partial charge < -0.3 is 14.5 Å². The molecule has 0 bridgehead atoms. The molecule has 216 valence electrons. The molecule has 1 amide bonds. The zero-order chi connectivity index (χ0) is 29.5. The number of amides is 1. The van der Waals surface area contributed by atoms with Gasteiger partial charge in [-0.25, -0.2) is 12.8 Å². The van der Waals surface area contributed by atoms with E-state index in [1.807, 2.05) is 0 Å². The molecule has 0 aromatic heterocycles. The highest BCUT2D eigenvalue weighted by Crippen LogP contribution is 2.52. The van der Waals surface area contributed by atoms with E-state index in [4.69, 9.17) is 21.2 Å². The van der Waals surface area contributed by atoms with Crippen LogP contribution in [0.15, 0.2) is 35.5 Å². The van der Waals surface area contributed by atoms with Gasteiger partial charge in [0.05, 0.1) is 42.4 Å². The number of carbonyl (C=O) groups is 1. The number of likely N-dealkylation sites (tertiary alicyclic amines) is 1. The van der Waals surface area contributed by atoms with E-state index in [9.17, 15) is 43.9 Å². The van der Waals surface area contributed by atoms with Gasteiger partial charge in [-0.2, -0.15) is 26.3 Å². The molecule has 2 aromatic carbocycles. The monoisotopic (exact) mass is 614 g/mol. The fourth-order valence-corrected chi connectivity index (χ4v) is 5.89. The third-order valence-corrected chi connectivity index (χ3v) is 8.09. The van der Waals surface area contributed by atoms with Crippen LogP contribution < -0.4 is 0 Å². The van der Waals surface area contributed by atoms with E-state index in [0.717, 1.165) is 6.26 Å². The quantitative estimate of drug-likeness (QED) is 0.467. The van der Waals surface area contributed by atoms with Gasteiger partial charge in [0, 0.05) is 11.8 Å². The average molecular weight is 615 g/mol. The van der Waals surface area contributed by atoms with Crippen LogP contribution in [0, 0.1) is 5.82 Å². The first-order valence-corrected chi connectivity index (χ1v) is 13.9. The van der Waals surface area contributed by atoms with E-state index in [1.54, 1.807) is 6.07 Å². The summed E-state index contributed by atoms with van der Waals surface area (Å²) in [5.41, 5.74) is -6.49. The van der Waals surface area contributed by atoms with Crippen molar-refractivity contribution in [1.82, 2.24) is 4.90 Å². The first kappa shape index (κ1) is 28.6. The molecule has 3 heterocycles. The minimum absolute atomic E-state index is 0.0148. The van der Waals surface area contributed by atoms with Crippen molar-refractivity contribution < 1.29 is 53.5 Å². The SMILES string of the molecule is CS(=O)(=O)CC(=O)N1CC2(C1)OCc1cc(C3=NO[C@@](c4cc(C(F)(F)F)cc(Cl)c4F)(C(F)(F)F)C3)ccc12. The van der Waals surface area contributed by atoms with Gasteiger partial charge in [0.1, 0.15) is 17.2 Å². The maximum absolute atomic E-state index is 14.8. The Bertz CT molecular complexity index is 1550. The van der Waals surface area contributed by atoms with Gasteiger partial charge in [-0.3, -0.25) is 4.79 Å². The highest BCUT2D eigenvalue weighted by atomic mass is 35.5. The number of hydrogen-bond acceptors (Lipinski definition) is 6. The summed E-state index contributed by atoms with van der Waals surface area (Å²) < 4.78 is 126. The summed E-state index contributed by atoms with van der Waals surface area (Å²) in [5, 5.41) is 2.33. The first-order chi connectivity index (χ1) is 18.4. The lowest BCUT2D eigenvalue weighted by molar-refractivity contribution is -0.276. The Labute approximate surface area is 227 Å². The summed E-state index contributed by atoms with van der Waals surface area (Å²) in [5.74, 6) is -2.97. The molecule has 0 saturated carbocycles. The first-order valence-electron chi connectivity index (χ1n) is 11.5. The molecule has 0 N–H and O–H groups in total. The van der Waals surface area contributed by atoms with Crippen molar-refractivity contribution in [1.29, 1.82) is 0 Å². The van der Waals surface area contributed by atoms with Gasteiger partial charge in [-0.15, -0.1) is 0 Å². The highest BCUT2D eigenvalue weighted by molar-refractivity contribution is 7.91. The molecular formula is C24H18ClF7N2O5S. The third-order valence-electron chi connectivity index (χ3n) is 7.04. The van der Waals surface area contributed by atoms with Crippen molar-refractivity contribution in [2.45, 2.75) is 36.6 Å². The number of carbonyl (C=O) groups excluding carboxylic acids is 1. The van der Waals surface area contributed by atoms with E-state index in [-0.39, 0.29) is 43.1 Å². The normalized spacial score (nSPS) is 22.1. The van der Waals surface area contributed by atoms with E-state index in [2.05, 4.69) is 5.16 Å². The fourth-order valence-electron chi connectivity index (χ4n) is 5.04. The largest absolute Gasteiger partial charge is 0.435 e. The van der Waals surface area contributed by atoms with Crippen LogP contribution in [0.1, 0.15) is 34.2 Å². The zero-order valence-electron chi connectivity index (χ0n) is 20.3. The molecule has 0 radical (unpaired) electrons. The number of alkyl halides is 6. The summed E-state index contributed by atoms with van der Waals surface area (Å²) in [6, 6.07) is 4.62. The topological polar surface area (TPSA) is 85.3 Å². The summed E-state index contributed by atoms with van der Waals surface area (Å²) >= 11 is 5.54. The van der Waals surface area contributed by atoms with Crippen molar-refractivity contribution in [3.8, 4) is 0 Å². The summed E-state index contributed by atoms with van der Waals surface area (Å²) in [4.78, 5) is 18.2. The predicted octanol–water partition coefficient (Wildman–Crippen LogP) is 4.69. The molecule has 0 aliphatic carbocycles. The molecule has 1 fully saturated rings. The van der Waals surface area contributed by atoms with Crippen LogP contribution >= 0.6 is 11.6 Å². The van der Waals surface area contributed by atoms with Crippen molar-refractivity contribution in [3.05, 3.63) is 69.0 Å². The molecule has 1 saturated heterocycles. The number of rotatable bonds is 4. The van der Waals surface area contributed by atoms with E-state index < -0.39 is 73.4 Å². The number of sulfone groups is 1. The number of fused-ring (bicyclic) bond motifs is 2. The van der Waals surface area contributed by atoms with Crippen molar-refractivity contribution in [2.75, 3.05) is 25.1 Å². The number of hydrogen-bond donors (Lipinski definition) is 0. The predicted molar refractivity (Wildman–Crippen MR) is 126 cm³/mol. The van der Waals surface area contributed by atoms with Crippen LogP contribution in [0.5, 0.6) is 0 Å². The summed E-state index contributed by atoms with van der Waals surface area (Å²) in [6.07, 6.45) is -10.7. The number of oxime groups is 1. The molecule has 0 unspecified atom stereocenters. The minimum Gasteiger partial charge on any atom is -0.374 e. The molecule has 40 heavy (non-hydrogen) atoms. The Morgan fingerprint density at radius 1 is 1.10 bits per heavy atom. The molecule has 3 aliphatic rings. The van der Waals surface area contributed by atoms with Crippen molar-refractivity contribution in [2.24, 2.45) is 5.16 Å². The molecular weight excluding hydrogens is 597 g/mol. The lowest BCUT2D eigenvalue weighted by atomic mass is 9.82. The lowest BCUT2D eigenvalue weighted by Gasteiger charge is -2.47. The highest BCUT2D eigenvalue weighted by Gasteiger charge is 2.64. The maximum atomic E-state index is 14.8. The second-order valence-electron chi connectivity index (χ2n) is 9.92. The number of nitrogens with zero attached hydrogens (tertiary/aromatic N) is 2. The van der Waals surface area contributed by atoms with Crippen LogP contribution in [-0.2, 0) is 48.2 Å². The Kier molecular flexibility index (Phi) is 6.47. The summed E-state index contributed by atoms with van der Waals surface area (Å²) in [7, 11) is -3.53. The van der Waals surface area contributed by atoms with Crippen LogP contribution in [0.3, 0.4) is 0 Å². The average Bonchev–Trinajstić information content (AvgIpc) is 3.40. The van der Waals surface area contributed by atoms with Gasteiger partial charge >= 0.3 is 12.4 Å². The standard InChI is InChI=1S/C24H18ClF7N2O5S/c1-40(36,37)9-19(35)34-10-21(11-34)15-3-2-12(4-13(15)8-38-21)18-7-22(39-33-18,24(30,31)32)16-5-14(23(27,28)29)6-17(25)20(16)26/h2-6H,7-11H2,1H3/t22-/m0/s1. The van der Waals surface area contributed by atoms with Gasteiger partial charge in [-0.05, 0) is 34.9 Å². The third kappa shape index (κ3) is 4.71. The van der Waals surface area contributed by atoms with Crippen LogP contribution in [0.4, 0.5) is 30.7 Å². The molecule has 1 spiro atoms. The molecule has 5 rings (SSSR count). The smallest absolute Gasteiger partial charge is 0.374 e. The minimum atomic E-state index is -5.38. The Morgan fingerprint density at radius 3 is 2.38 bits per heavy atom. The Morgan fingerprint density at radius 2 is 1.77 bits per heavy atom. The Hall–Kier alpha value is -2.91. The number of ether oxygens (including phenoxy) is 1. The second kappa shape index (κ2) is 9.05. The number of halogens is 8. The second-order valence-corrected chi connectivity index (χ2v) is 12.5. The van der Waals surface area contributed by atoms with E-state index in [0.29, 0.717) is 11.1 Å².